The molecule has 86 valence electrons. The van der Waals surface area contributed by atoms with Crippen LogP contribution in [0.1, 0.15) is 5.69 Å². The summed E-state index contributed by atoms with van der Waals surface area (Å²) in [6, 6.07) is 4.53. The number of hydrogen-bond donors (Lipinski definition) is 0. The number of alkyl halides is 1. The van der Waals surface area contributed by atoms with Crippen LogP contribution in [0.3, 0.4) is 0 Å². The molecule has 0 amide bonds. The molecule has 1 aromatic heterocycles. The van der Waals surface area contributed by atoms with Crippen molar-refractivity contribution < 1.29 is 8.42 Å². The molecular weight excluding hydrogens is 250 g/mol. The predicted octanol–water partition coefficient (Wildman–Crippen LogP) is 0.813. The SMILES string of the molecule is CN(CCCl)S(=O)(=O)c1ccc(C#N)nc1. The Morgan fingerprint density at radius 2 is 2.25 bits per heavy atom. The number of aromatic nitrogens is 1. The second-order valence-corrected chi connectivity index (χ2v) is 5.43. The topological polar surface area (TPSA) is 74.1 Å². The summed E-state index contributed by atoms with van der Waals surface area (Å²) in [5.74, 6) is 0.222. The van der Waals surface area contributed by atoms with Gasteiger partial charge in [0.2, 0.25) is 10.0 Å². The second-order valence-electron chi connectivity index (χ2n) is 3.01. The molecule has 0 aliphatic rings. The quantitative estimate of drug-likeness (QED) is 0.750. The van der Waals surface area contributed by atoms with Crippen LogP contribution in [0.2, 0.25) is 0 Å². The van der Waals surface area contributed by atoms with Gasteiger partial charge in [-0.15, -0.1) is 11.6 Å². The van der Waals surface area contributed by atoms with E-state index in [1.165, 1.54) is 25.4 Å². The fraction of sp³-hybridized carbons (Fsp3) is 0.333. The summed E-state index contributed by atoms with van der Waals surface area (Å²) >= 11 is 5.47. The maximum Gasteiger partial charge on any atom is 0.244 e. The van der Waals surface area contributed by atoms with E-state index in [1.54, 1.807) is 0 Å². The van der Waals surface area contributed by atoms with Gasteiger partial charge in [0.1, 0.15) is 16.7 Å². The van der Waals surface area contributed by atoms with Gasteiger partial charge in [0.25, 0.3) is 0 Å². The third kappa shape index (κ3) is 2.70. The largest absolute Gasteiger partial charge is 0.244 e. The summed E-state index contributed by atoms with van der Waals surface area (Å²) in [5.41, 5.74) is 0.180. The van der Waals surface area contributed by atoms with E-state index in [-0.39, 0.29) is 23.0 Å². The average Bonchev–Trinajstić information content (AvgIpc) is 2.29. The van der Waals surface area contributed by atoms with Crippen LogP contribution in [0, 0.1) is 11.3 Å². The number of pyridine rings is 1. The van der Waals surface area contributed by atoms with Crippen molar-refractivity contribution in [2.24, 2.45) is 0 Å². The zero-order valence-electron chi connectivity index (χ0n) is 8.59. The third-order valence-corrected chi connectivity index (χ3v) is 3.97. The van der Waals surface area contributed by atoms with E-state index in [0.29, 0.717) is 0 Å². The van der Waals surface area contributed by atoms with E-state index < -0.39 is 10.0 Å². The van der Waals surface area contributed by atoms with E-state index in [1.807, 2.05) is 6.07 Å². The molecule has 5 nitrogen and oxygen atoms in total. The van der Waals surface area contributed by atoms with Crippen LogP contribution in [-0.4, -0.2) is 37.2 Å². The highest BCUT2D eigenvalue weighted by atomic mass is 35.5. The standard InChI is InChI=1S/C9H10ClN3O2S/c1-13(5-4-10)16(14,15)9-3-2-8(6-11)12-7-9/h2-3,7H,4-5H2,1H3. The Kier molecular flexibility index (Phi) is 4.24. The van der Waals surface area contributed by atoms with Crippen LogP contribution in [0.25, 0.3) is 0 Å². The first-order valence-electron chi connectivity index (χ1n) is 4.41. The van der Waals surface area contributed by atoms with E-state index in [2.05, 4.69) is 4.98 Å². The van der Waals surface area contributed by atoms with Gasteiger partial charge in [-0.2, -0.15) is 9.57 Å². The highest BCUT2D eigenvalue weighted by Gasteiger charge is 2.20. The van der Waals surface area contributed by atoms with Gasteiger partial charge < -0.3 is 0 Å². The lowest BCUT2D eigenvalue weighted by Gasteiger charge is -2.15. The Morgan fingerprint density at radius 3 is 2.69 bits per heavy atom. The minimum absolute atomic E-state index is 0.0547. The van der Waals surface area contributed by atoms with Crippen molar-refractivity contribution in [1.82, 2.24) is 9.29 Å². The molecule has 0 aliphatic heterocycles. The molecule has 0 spiro atoms. The number of sulfonamides is 1. The van der Waals surface area contributed by atoms with E-state index in [4.69, 9.17) is 16.9 Å². The molecule has 0 atom stereocenters. The zero-order chi connectivity index (χ0) is 12.2. The van der Waals surface area contributed by atoms with Gasteiger partial charge in [-0.05, 0) is 12.1 Å². The molecule has 16 heavy (non-hydrogen) atoms. The summed E-state index contributed by atoms with van der Waals surface area (Å²) < 4.78 is 24.9. The Morgan fingerprint density at radius 1 is 1.56 bits per heavy atom. The zero-order valence-corrected chi connectivity index (χ0v) is 10.2. The van der Waals surface area contributed by atoms with Crippen molar-refractivity contribution in [3.05, 3.63) is 24.0 Å². The van der Waals surface area contributed by atoms with Gasteiger partial charge in [-0.3, -0.25) is 0 Å². The molecule has 0 unspecified atom stereocenters. The molecule has 0 aliphatic carbocycles. The molecule has 1 rings (SSSR count). The molecule has 1 heterocycles. The van der Waals surface area contributed by atoms with E-state index >= 15 is 0 Å². The van der Waals surface area contributed by atoms with Gasteiger partial charge in [-0.1, -0.05) is 0 Å². The fourth-order valence-electron chi connectivity index (χ4n) is 1.02. The van der Waals surface area contributed by atoms with Gasteiger partial charge in [0, 0.05) is 25.7 Å². The minimum atomic E-state index is -3.55. The predicted molar refractivity (Wildman–Crippen MR) is 59.5 cm³/mol. The summed E-state index contributed by atoms with van der Waals surface area (Å²) in [6.07, 6.45) is 1.17. The third-order valence-electron chi connectivity index (χ3n) is 1.96. The Bertz CT molecular complexity index is 492. The van der Waals surface area contributed by atoms with Crippen molar-refractivity contribution >= 4 is 21.6 Å². The molecule has 0 saturated carbocycles. The maximum atomic E-state index is 11.9. The number of nitriles is 1. The molecule has 0 saturated heterocycles. The van der Waals surface area contributed by atoms with Crippen molar-refractivity contribution in [1.29, 1.82) is 5.26 Å². The van der Waals surface area contributed by atoms with Crippen molar-refractivity contribution in [3.63, 3.8) is 0 Å². The normalized spacial score (nSPS) is 11.4. The second kappa shape index (κ2) is 5.25. The van der Waals surface area contributed by atoms with Crippen molar-refractivity contribution in [2.75, 3.05) is 19.5 Å². The molecule has 0 bridgehead atoms. The number of rotatable bonds is 4. The summed E-state index contributed by atoms with van der Waals surface area (Å²) in [7, 11) is -2.11. The Hall–Kier alpha value is -1.16. The van der Waals surface area contributed by atoms with Gasteiger partial charge in [0.15, 0.2) is 0 Å². The van der Waals surface area contributed by atoms with Crippen LogP contribution in [-0.2, 0) is 10.0 Å². The molecular formula is C9H10ClN3O2S. The monoisotopic (exact) mass is 259 g/mol. The van der Waals surface area contributed by atoms with Gasteiger partial charge in [0.05, 0.1) is 0 Å². The number of hydrogen-bond acceptors (Lipinski definition) is 4. The van der Waals surface area contributed by atoms with Crippen LogP contribution in [0.5, 0.6) is 0 Å². The molecule has 7 heteroatoms. The smallest absolute Gasteiger partial charge is 0.244 e. The lowest BCUT2D eigenvalue weighted by Crippen LogP contribution is -2.28. The fourth-order valence-corrected chi connectivity index (χ4v) is 2.49. The Balaban J connectivity index is 3.04. The van der Waals surface area contributed by atoms with E-state index in [9.17, 15) is 8.42 Å². The highest BCUT2D eigenvalue weighted by Crippen LogP contribution is 2.13. The van der Waals surface area contributed by atoms with Crippen LogP contribution < -0.4 is 0 Å². The number of nitrogens with zero attached hydrogens (tertiary/aromatic N) is 3. The van der Waals surface area contributed by atoms with Crippen LogP contribution in [0.4, 0.5) is 0 Å². The first kappa shape index (κ1) is 12.9. The molecule has 0 radical (unpaired) electrons. The van der Waals surface area contributed by atoms with Gasteiger partial charge in [-0.25, -0.2) is 13.4 Å². The average molecular weight is 260 g/mol. The molecule has 0 N–H and O–H groups in total. The minimum Gasteiger partial charge on any atom is -0.244 e. The van der Waals surface area contributed by atoms with Gasteiger partial charge >= 0.3 is 0 Å². The Labute approximate surface area is 99.3 Å². The molecule has 1 aromatic rings. The molecule has 0 aromatic carbocycles. The van der Waals surface area contributed by atoms with Crippen LogP contribution >= 0.6 is 11.6 Å². The lowest BCUT2D eigenvalue weighted by molar-refractivity contribution is 0.487. The van der Waals surface area contributed by atoms with Crippen molar-refractivity contribution in [2.45, 2.75) is 4.90 Å². The lowest BCUT2D eigenvalue weighted by atomic mass is 10.4. The first-order valence-corrected chi connectivity index (χ1v) is 6.38. The summed E-state index contributed by atoms with van der Waals surface area (Å²) in [5, 5.41) is 8.53. The first-order chi connectivity index (χ1) is 7.52. The van der Waals surface area contributed by atoms with E-state index in [0.717, 1.165) is 4.31 Å². The van der Waals surface area contributed by atoms with Crippen LogP contribution in [0.15, 0.2) is 23.2 Å². The number of halogens is 1. The summed E-state index contributed by atoms with van der Waals surface area (Å²) in [6.45, 7) is 0.226. The maximum absolute atomic E-state index is 11.9. The summed E-state index contributed by atoms with van der Waals surface area (Å²) in [4.78, 5) is 3.76. The highest BCUT2D eigenvalue weighted by molar-refractivity contribution is 7.89. The molecule has 0 fully saturated rings. The van der Waals surface area contributed by atoms with Crippen molar-refractivity contribution in [3.8, 4) is 6.07 Å².